The summed E-state index contributed by atoms with van der Waals surface area (Å²) in [6.45, 7) is 12.2. The lowest BCUT2D eigenvalue weighted by atomic mass is 10.6. The molecule has 0 N–H and O–H groups in total. The molecule has 0 heterocycles. The quantitative estimate of drug-likeness (QED) is 0.441. The van der Waals surface area contributed by atoms with Crippen LogP contribution in [0.25, 0.3) is 0 Å². The molecule has 0 heteroatoms. The van der Waals surface area contributed by atoms with E-state index in [2.05, 4.69) is 13.8 Å². The molecule has 0 aliphatic rings. The molecule has 0 nitrogen and oxygen atoms in total. The van der Waals surface area contributed by atoms with E-state index in [1.54, 1.807) is 0 Å². The average Bonchev–Trinajstić information content (AvgIpc) is 1.78. The van der Waals surface area contributed by atoms with E-state index in [9.17, 15) is 0 Å². The second-order valence-electron chi connectivity index (χ2n) is 0.707. The van der Waals surface area contributed by atoms with Crippen molar-refractivity contribution in [2.75, 3.05) is 0 Å². The molecule has 48 valence electrons. The summed E-state index contributed by atoms with van der Waals surface area (Å²) in [7, 11) is 0. The molecule has 0 aliphatic heterocycles. The van der Waals surface area contributed by atoms with E-state index < -0.39 is 0 Å². The topological polar surface area (TPSA) is 0 Å². The zero-order valence-corrected chi connectivity index (χ0v) is 6.71. The van der Waals surface area contributed by atoms with Crippen molar-refractivity contribution in [3.63, 3.8) is 0 Å². The SMILES string of the molecule is CC.CC.CCC. The van der Waals surface area contributed by atoms with Crippen LogP contribution in [0.1, 0.15) is 48.0 Å². The van der Waals surface area contributed by atoms with Gasteiger partial charge < -0.3 is 0 Å². The van der Waals surface area contributed by atoms with Gasteiger partial charge in [-0.1, -0.05) is 48.0 Å². The van der Waals surface area contributed by atoms with Crippen LogP contribution in [0.5, 0.6) is 0 Å². The first kappa shape index (κ1) is 15.8. The highest BCUT2D eigenvalue weighted by atomic mass is 13.4. The Bertz CT molecular complexity index is 0. The molecule has 0 aliphatic carbocycles. The average molecular weight is 104 g/mol. The second-order valence-corrected chi connectivity index (χ2v) is 0.707. The van der Waals surface area contributed by atoms with Gasteiger partial charge in [-0.05, 0) is 0 Å². The van der Waals surface area contributed by atoms with E-state index in [0.717, 1.165) is 0 Å². The van der Waals surface area contributed by atoms with Crippen LogP contribution in [-0.2, 0) is 0 Å². The van der Waals surface area contributed by atoms with Gasteiger partial charge in [0.05, 0.1) is 0 Å². The molecule has 0 aromatic heterocycles. The van der Waals surface area contributed by atoms with Crippen molar-refractivity contribution >= 4 is 0 Å². The third kappa shape index (κ3) is 0. The smallest absolute Gasteiger partial charge is 0.0590 e. The Morgan fingerprint density at radius 2 is 0.714 bits per heavy atom. The van der Waals surface area contributed by atoms with Gasteiger partial charge >= 0.3 is 0 Å². The van der Waals surface area contributed by atoms with E-state index in [1.807, 2.05) is 27.7 Å². The molecule has 0 fully saturated rings. The third-order valence-electron chi connectivity index (χ3n) is 0. The molecule has 0 atom stereocenters. The first-order valence-corrected chi connectivity index (χ1v) is 3.41. The maximum atomic E-state index is 2.12. The summed E-state index contributed by atoms with van der Waals surface area (Å²) in [6.07, 6.45) is 1.25. The van der Waals surface area contributed by atoms with Crippen LogP contribution in [0, 0.1) is 0 Å². The van der Waals surface area contributed by atoms with Gasteiger partial charge in [0, 0.05) is 0 Å². The van der Waals surface area contributed by atoms with Gasteiger partial charge in [-0.3, -0.25) is 0 Å². The molecule has 0 radical (unpaired) electrons. The molecule has 0 bridgehead atoms. The summed E-state index contributed by atoms with van der Waals surface area (Å²) in [5.41, 5.74) is 0. The van der Waals surface area contributed by atoms with Crippen LogP contribution in [0.4, 0.5) is 0 Å². The Hall–Kier alpha value is 0. The number of rotatable bonds is 0. The second kappa shape index (κ2) is 150. The molecular weight excluding hydrogens is 84.1 g/mol. The zero-order valence-electron chi connectivity index (χ0n) is 6.71. The van der Waals surface area contributed by atoms with Crippen molar-refractivity contribution in [3.05, 3.63) is 0 Å². The fraction of sp³-hybridized carbons (Fsp3) is 1.00. The summed E-state index contributed by atoms with van der Waals surface area (Å²) < 4.78 is 0. The zero-order chi connectivity index (χ0) is 6.71. The van der Waals surface area contributed by atoms with Gasteiger partial charge in [0.15, 0.2) is 0 Å². The fourth-order valence-corrected chi connectivity index (χ4v) is 0. The highest BCUT2D eigenvalue weighted by Crippen LogP contribution is 1.56. The molecule has 0 amide bonds. The molecule has 0 saturated carbocycles. The van der Waals surface area contributed by atoms with Crippen molar-refractivity contribution in [3.8, 4) is 0 Å². The van der Waals surface area contributed by atoms with E-state index in [0.29, 0.717) is 0 Å². The van der Waals surface area contributed by atoms with Crippen molar-refractivity contribution in [1.82, 2.24) is 0 Å². The third-order valence-corrected chi connectivity index (χ3v) is 0. The molecule has 0 saturated heterocycles. The predicted octanol–water partition coefficient (Wildman–Crippen LogP) is 3.47. The van der Waals surface area contributed by atoms with Crippen LogP contribution >= 0.6 is 0 Å². The molecule has 7 heavy (non-hydrogen) atoms. The first-order valence-electron chi connectivity index (χ1n) is 3.41. The maximum Gasteiger partial charge on any atom is -0.0590 e. The van der Waals surface area contributed by atoms with Crippen molar-refractivity contribution in [1.29, 1.82) is 0 Å². The summed E-state index contributed by atoms with van der Waals surface area (Å²) >= 11 is 0. The van der Waals surface area contributed by atoms with Crippen molar-refractivity contribution < 1.29 is 0 Å². The summed E-state index contributed by atoms with van der Waals surface area (Å²) in [5.74, 6) is 0. The highest BCUT2D eigenvalue weighted by Gasteiger charge is 1.35. The molecule has 0 aromatic carbocycles. The van der Waals surface area contributed by atoms with Crippen LogP contribution in [0.3, 0.4) is 0 Å². The number of hydrogen-bond acceptors (Lipinski definition) is 0. The molecule has 0 unspecified atom stereocenters. The van der Waals surface area contributed by atoms with Crippen LogP contribution in [0.15, 0.2) is 0 Å². The molecule has 0 aromatic rings. The lowest BCUT2D eigenvalue weighted by molar-refractivity contribution is 1.09. The Morgan fingerprint density at radius 1 is 0.714 bits per heavy atom. The largest absolute Gasteiger partial charge is 0.0683 e. The van der Waals surface area contributed by atoms with Crippen molar-refractivity contribution in [2.24, 2.45) is 0 Å². The predicted molar refractivity (Wildman–Crippen MR) is 38.7 cm³/mol. The maximum absolute atomic E-state index is 2.12. The Labute approximate surface area is 48.9 Å². The highest BCUT2D eigenvalue weighted by molar-refractivity contribution is 3.92. The van der Waals surface area contributed by atoms with Gasteiger partial charge in [-0.15, -0.1) is 0 Å². The van der Waals surface area contributed by atoms with Gasteiger partial charge in [-0.25, -0.2) is 0 Å². The minimum atomic E-state index is 1.25. The van der Waals surface area contributed by atoms with Crippen LogP contribution < -0.4 is 0 Å². The van der Waals surface area contributed by atoms with E-state index in [-0.39, 0.29) is 0 Å². The summed E-state index contributed by atoms with van der Waals surface area (Å²) in [5, 5.41) is 0. The standard InChI is InChI=1S/C3H8.2C2H6/c1-3-2;2*1-2/h3H2,1-2H3;2*1-2H3. The lowest BCUT2D eigenvalue weighted by Gasteiger charge is -1.48. The van der Waals surface area contributed by atoms with Crippen molar-refractivity contribution in [2.45, 2.75) is 48.0 Å². The summed E-state index contributed by atoms with van der Waals surface area (Å²) in [6, 6.07) is 0. The monoisotopic (exact) mass is 104 g/mol. The lowest BCUT2D eigenvalue weighted by Crippen LogP contribution is -1.27. The molecular formula is C7H20. The number of hydrogen-bond donors (Lipinski definition) is 0. The minimum Gasteiger partial charge on any atom is -0.0683 e. The fourth-order valence-electron chi connectivity index (χ4n) is 0. The van der Waals surface area contributed by atoms with Gasteiger partial charge in [-0.2, -0.15) is 0 Å². The Morgan fingerprint density at radius 3 is 0.714 bits per heavy atom. The van der Waals surface area contributed by atoms with Gasteiger partial charge in [0.25, 0.3) is 0 Å². The van der Waals surface area contributed by atoms with Gasteiger partial charge in [0.2, 0.25) is 0 Å². The van der Waals surface area contributed by atoms with E-state index in [4.69, 9.17) is 0 Å². The first-order chi connectivity index (χ1) is 3.41. The molecule has 0 rings (SSSR count). The summed E-state index contributed by atoms with van der Waals surface area (Å²) in [4.78, 5) is 0. The Kier molecular flexibility index (Phi) is 338. The van der Waals surface area contributed by atoms with E-state index in [1.165, 1.54) is 6.42 Å². The normalized spacial score (nSPS) is 4.29. The van der Waals surface area contributed by atoms with Crippen LogP contribution in [-0.4, -0.2) is 0 Å². The molecule has 0 spiro atoms. The van der Waals surface area contributed by atoms with E-state index >= 15 is 0 Å². The van der Waals surface area contributed by atoms with Gasteiger partial charge in [0.1, 0.15) is 0 Å². The Balaban J connectivity index is -0.0000000360. The van der Waals surface area contributed by atoms with Crippen LogP contribution in [0.2, 0.25) is 0 Å². The minimum absolute atomic E-state index is 1.25.